The maximum absolute atomic E-state index is 12.5. The zero-order chi connectivity index (χ0) is 27.2. The summed E-state index contributed by atoms with van der Waals surface area (Å²) in [6, 6.07) is 46.8. The van der Waals surface area contributed by atoms with E-state index in [2.05, 4.69) is 116 Å². The molecule has 0 spiro atoms. The Morgan fingerprint density at radius 2 is 0.846 bits per heavy atom. The number of carbonyl (C=O) groups excluding carboxylic acids is 1. The Kier molecular flexibility index (Phi) is 7.94. The van der Waals surface area contributed by atoms with Gasteiger partial charge in [0.25, 0.3) is 0 Å². The molecular formula is C37H33NO. The fourth-order valence-electron chi connectivity index (χ4n) is 5.34. The van der Waals surface area contributed by atoms with Gasteiger partial charge in [0.15, 0.2) is 5.78 Å². The van der Waals surface area contributed by atoms with Crippen LogP contribution >= 0.6 is 0 Å². The molecule has 0 fully saturated rings. The first-order chi connectivity index (χ1) is 19.0. The van der Waals surface area contributed by atoms with Crippen LogP contribution in [0.4, 0.5) is 5.69 Å². The van der Waals surface area contributed by atoms with E-state index in [0.29, 0.717) is 5.71 Å². The Bertz CT molecular complexity index is 1390. The van der Waals surface area contributed by atoms with Gasteiger partial charge in [0, 0.05) is 18.8 Å². The lowest BCUT2D eigenvalue weighted by atomic mass is 9.78. The zero-order valence-corrected chi connectivity index (χ0v) is 22.7. The van der Waals surface area contributed by atoms with Crippen LogP contribution in [0.25, 0.3) is 0 Å². The topological polar surface area (TPSA) is 29.4 Å². The maximum atomic E-state index is 12.5. The van der Waals surface area contributed by atoms with E-state index in [1.54, 1.807) is 6.92 Å². The molecule has 5 aromatic rings. The molecule has 0 aromatic heterocycles. The van der Waals surface area contributed by atoms with Crippen molar-refractivity contribution in [2.75, 3.05) is 0 Å². The van der Waals surface area contributed by atoms with Gasteiger partial charge >= 0.3 is 0 Å². The predicted octanol–water partition coefficient (Wildman–Crippen LogP) is 9.04. The number of nitrogens with zero attached hydrogens (tertiary/aromatic N) is 1. The van der Waals surface area contributed by atoms with E-state index in [9.17, 15) is 4.79 Å². The van der Waals surface area contributed by atoms with E-state index in [1.165, 1.54) is 22.3 Å². The van der Waals surface area contributed by atoms with Gasteiger partial charge in [-0.05, 0) is 47.2 Å². The Morgan fingerprint density at radius 3 is 1.13 bits per heavy atom. The standard InChI is InChI=1S/C37H33NO/c1-26-24-33(35(29-16-8-4-9-17-29)30-18-10-5-11-19-30)37(38-27(2)28(3)39)34(25-26)36(31-20-12-6-13-21-31)32-22-14-7-15-23-32/h4-25,35-36H,1-3H3. The van der Waals surface area contributed by atoms with Crippen molar-refractivity contribution in [1.82, 2.24) is 0 Å². The molecule has 0 heterocycles. The number of ketones is 1. The average molecular weight is 508 g/mol. The largest absolute Gasteiger partial charge is 0.293 e. The van der Waals surface area contributed by atoms with Crippen LogP contribution < -0.4 is 0 Å². The molecule has 0 aliphatic carbocycles. The highest BCUT2D eigenvalue weighted by atomic mass is 16.1. The molecule has 0 unspecified atom stereocenters. The average Bonchev–Trinajstić information content (AvgIpc) is 2.97. The number of Topliss-reactive ketones (excluding diaryl/α,β-unsaturated/α-hetero) is 1. The molecule has 2 heteroatoms. The number of hydrogen-bond donors (Lipinski definition) is 0. The molecular weight excluding hydrogens is 474 g/mol. The van der Waals surface area contributed by atoms with Gasteiger partial charge in [0.1, 0.15) is 0 Å². The number of aliphatic imine (C=N–C) groups is 1. The van der Waals surface area contributed by atoms with Gasteiger partial charge in [-0.3, -0.25) is 4.79 Å². The van der Waals surface area contributed by atoms with Crippen LogP contribution in [0, 0.1) is 6.92 Å². The van der Waals surface area contributed by atoms with Crippen LogP contribution in [0.5, 0.6) is 0 Å². The van der Waals surface area contributed by atoms with E-state index in [1.807, 2.05) is 31.2 Å². The highest BCUT2D eigenvalue weighted by Crippen LogP contribution is 2.45. The summed E-state index contributed by atoms with van der Waals surface area (Å²) < 4.78 is 0. The second kappa shape index (κ2) is 11.9. The minimum Gasteiger partial charge on any atom is -0.293 e. The Balaban J connectivity index is 1.87. The number of benzene rings is 5. The summed E-state index contributed by atoms with van der Waals surface area (Å²) in [6.45, 7) is 5.55. The molecule has 2 nitrogen and oxygen atoms in total. The summed E-state index contributed by atoms with van der Waals surface area (Å²) in [7, 11) is 0. The summed E-state index contributed by atoms with van der Waals surface area (Å²) >= 11 is 0. The van der Waals surface area contributed by atoms with E-state index >= 15 is 0 Å². The van der Waals surface area contributed by atoms with Gasteiger partial charge in [0.05, 0.1) is 11.4 Å². The van der Waals surface area contributed by atoms with Crippen LogP contribution in [0.3, 0.4) is 0 Å². The van der Waals surface area contributed by atoms with Gasteiger partial charge in [-0.1, -0.05) is 139 Å². The van der Waals surface area contributed by atoms with Crippen molar-refractivity contribution >= 4 is 17.2 Å². The van der Waals surface area contributed by atoms with Gasteiger partial charge < -0.3 is 0 Å². The van der Waals surface area contributed by atoms with Crippen molar-refractivity contribution in [2.24, 2.45) is 4.99 Å². The van der Waals surface area contributed by atoms with Crippen molar-refractivity contribution in [3.8, 4) is 0 Å². The smallest absolute Gasteiger partial charge is 0.173 e. The quantitative estimate of drug-likeness (QED) is 0.152. The van der Waals surface area contributed by atoms with Gasteiger partial charge in [0.2, 0.25) is 0 Å². The van der Waals surface area contributed by atoms with Crippen molar-refractivity contribution in [3.05, 3.63) is 172 Å². The fourth-order valence-corrected chi connectivity index (χ4v) is 5.34. The lowest BCUT2D eigenvalue weighted by molar-refractivity contribution is -0.111. The fraction of sp³-hybridized carbons (Fsp3) is 0.135. The van der Waals surface area contributed by atoms with E-state index < -0.39 is 0 Å². The predicted molar refractivity (Wildman–Crippen MR) is 162 cm³/mol. The number of carbonyl (C=O) groups is 1. The second-order valence-electron chi connectivity index (χ2n) is 10.1. The molecule has 39 heavy (non-hydrogen) atoms. The van der Waals surface area contributed by atoms with Gasteiger partial charge in [-0.25, -0.2) is 4.99 Å². The first-order valence-corrected chi connectivity index (χ1v) is 13.4. The molecule has 192 valence electrons. The van der Waals surface area contributed by atoms with Crippen LogP contribution in [0.2, 0.25) is 0 Å². The first-order valence-electron chi connectivity index (χ1n) is 13.4. The molecule has 0 aliphatic heterocycles. The molecule has 5 aromatic carbocycles. The van der Waals surface area contributed by atoms with Gasteiger partial charge in [-0.15, -0.1) is 0 Å². The normalized spacial score (nSPS) is 11.7. The second-order valence-corrected chi connectivity index (χ2v) is 10.1. The van der Waals surface area contributed by atoms with E-state index in [-0.39, 0.29) is 17.6 Å². The Morgan fingerprint density at radius 1 is 0.538 bits per heavy atom. The SMILES string of the molecule is CC(=O)C(C)=Nc1c(C(c2ccccc2)c2ccccc2)cc(C)cc1C(c1ccccc1)c1ccccc1. The summed E-state index contributed by atoms with van der Waals surface area (Å²) in [4.78, 5) is 17.6. The third-order valence-electron chi connectivity index (χ3n) is 7.26. The highest BCUT2D eigenvalue weighted by Gasteiger charge is 2.27. The molecule has 0 N–H and O–H groups in total. The molecule has 0 saturated heterocycles. The molecule has 0 saturated carbocycles. The molecule has 0 amide bonds. The summed E-state index contributed by atoms with van der Waals surface area (Å²) in [5.41, 5.74) is 9.47. The van der Waals surface area contributed by atoms with E-state index in [0.717, 1.165) is 22.4 Å². The molecule has 5 rings (SSSR count). The van der Waals surface area contributed by atoms with Crippen LogP contribution in [0.15, 0.2) is 138 Å². The van der Waals surface area contributed by atoms with E-state index in [4.69, 9.17) is 4.99 Å². The number of hydrogen-bond acceptors (Lipinski definition) is 2. The van der Waals surface area contributed by atoms with Crippen molar-refractivity contribution in [1.29, 1.82) is 0 Å². The summed E-state index contributed by atoms with van der Waals surface area (Å²) in [6.07, 6.45) is 0. The molecule has 0 aliphatic rings. The highest BCUT2D eigenvalue weighted by molar-refractivity contribution is 6.38. The maximum Gasteiger partial charge on any atom is 0.173 e. The Hall–Kier alpha value is -4.56. The summed E-state index contributed by atoms with van der Waals surface area (Å²) in [5.74, 6) is -0.118. The Labute approximate surface area is 231 Å². The van der Waals surface area contributed by atoms with Crippen molar-refractivity contribution in [2.45, 2.75) is 32.6 Å². The van der Waals surface area contributed by atoms with Crippen LogP contribution in [0.1, 0.15) is 64.6 Å². The minimum absolute atomic E-state index is 0.0283. The molecule has 0 bridgehead atoms. The third kappa shape index (κ3) is 5.81. The lowest BCUT2D eigenvalue weighted by Crippen LogP contribution is -2.11. The molecule has 0 atom stereocenters. The number of aryl methyl sites for hydroxylation is 1. The third-order valence-corrected chi connectivity index (χ3v) is 7.26. The minimum atomic E-state index is -0.0447. The van der Waals surface area contributed by atoms with Crippen molar-refractivity contribution in [3.63, 3.8) is 0 Å². The zero-order valence-electron chi connectivity index (χ0n) is 22.7. The monoisotopic (exact) mass is 507 g/mol. The van der Waals surface area contributed by atoms with Crippen LogP contribution in [-0.2, 0) is 4.79 Å². The number of rotatable bonds is 8. The lowest BCUT2D eigenvalue weighted by Gasteiger charge is -2.27. The van der Waals surface area contributed by atoms with Gasteiger partial charge in [-0.2, -0.15) is 0 Å². The first kappa shape index (κ1) is 26.1. The molecule has 0 radical (unpaired) electrons. The van der Waals surface area contributed by atoms with Crippen molar-refractivity contribution < 1.29 is 4.79 Å². The van der Waals surface area contributed by atoms with Crippen LogP contribution in [-0.4, -0.2) is 11.5 Å². The summed E-state index contributed by atoms with van der Waals surface area (Å²) in [5, 5.41) is 0.